The number of aliphatic carboxylic acids is 1. The van der Waals surface area contributed by atoms with Gasteiger partial charge in [0.2, 0.25) is 5.91 Å². The van der Waals surface area contributed by atoms with Crippen LogP contribution in [0.2, 0.25) is 0 Å². The van der Waals surface area contributed by atoms with Crippen molar-refractivity contribution < 1.29 is 29.0 Å². The van der Waals surface area contributed by atoms with E-state index >= 15 is 0 Å². The Morgan fingerprint density at radius 1 is 1.36 bits per heavy atom. The second-order valence-corrected chi connectivity index (χ2v) is 4.61. The van der Waals surface area contributed by atoms with Gasteiger partial charge in [0.15, 0.2) is 0 Å². The standard InChI is InChI=1S/C12H20N3O6S/c1-2-21-10(17)5-14-11(18)8(6-22)15-9(16)4-3-7(13)12(19)20/h7-8,22H,2-6,13H2,1H3,(H,15,16)(H,19,20). The number of nitrogens with two attached hydrogens (primary N) is 1. The van der Waals surface area contributed by atoms with Crippen LogP contribution in [0.15, 0.2) is 0 Å². The number of nitrogens with zero attached hydrogens (tertiary/aromatic N) is 1. The number of carboxylic acids is 1. The van der Waals surface area contributed by atoms with E-state index in [-0.39, 0.29) is 25.2 Å². The van der Waals surface area contributed by atoms with Gasteiger partial charge in [0.05, 0.1) is 6.61 Å². The molecule has 0 aliphatic heterocycles. The van der Waals surface area contributed by atoms with Crippen molar-refractivity contribution in [3.8, 4) is 0 Å². The zero-order valence-electron chi connectivity index (χ0n) is 12.2. The quantitative estimate of drug-likeness (QED) is 0.274. The van der Waals surface area contributed by atoms with Crippen LogP contribution in [0.4, 0.5) is 0 Å². The number of thiol groups is 1. The highest BCUT2D eigenvalue weighted by Crippen LogP contribution is 1.97. The van der Waals surface area contributed by atoms with Gasteiger partial charge in [-0.3, -0.25) is 19.2 Å². The molecule has 2 unspecified atom stereocenters. The van der Waals surface area contributed by atoms with E-state index in [2.05, 4.69) is 28.0 Å². The van der Waals surface area contributed by atoms with Crippen molar-refractivity contribution >= 4 is 36.4 Å². The molecule has 9 nitrogen and oxygen atoms in total. The van der Waals surface area contributed by atoms with Crippen molar-refractivity contribution in [1.82, 2.24) is 10.6 Å². The second-order valence-electron chi connectivity index (χ2n) is 4.25. The predicted molar refractivity (Wildman–Crippen MR) is 79.3 cm³/mol. The van der Waals surface area contributed by atoms with Crippen LogP contribution >= 0.6 is 12.6 Å². The summed E-state index contributed by atoms with van der Waals surface area (Å²) < 4.78 is 4.61. The molecule has 0 saturated heterocycles. The molecular formula is C12H20N3O6S. The predicted octanol–water partition coefficient (Wildman–Crippen LogP) is -1.71. The maximum Gasteiger partial charge on any atom is 0.327 e. The second kappa shape index (κ2) is 10.9. The van der Waals surface area contributed by atoms with Gasteiger partial charge in [-0.25, -0.2) is 5.32 Å². The van der Waals surface area contributed by atoms with Gasteiger partial charge in [0.1, 0.15) is 18.6 Å². The van der Waals surface area contributed by atoms with Crippen LogP contribution in [0.1, 0.15) is 19.8 Å². The number of carbonyl (C=O) groups is 4. The molecule has 0 spiro atoms. The molecule has 2 amide bonds. The minimum absolute atomic E-state index is 0.0120. The minimum Gasteiger partial charge on any atom is -0.480 e. The van der Waals surface area contributed by atoms with Gasteiger partial charge in [-0.1, -0.05) is 0 Å². The van der Waals surface area contributed by atoms with Crippen LogP contribution < -0.4 is 16.4 Å². The van der Waals surface area contributed by atoms with E-state index in [1.165, 1.54) is 0 Å². The number of carbonyl (C=O) groups excluding carboxylic acids is 3. The molecule has 10 heteroatoms. The molecule has 0 aliphatic rings. The number of hydrogen-bond donors (Lipinski definition) is 4. The van der Waals surface area contributed by atoms with Crippen molar-refractivity contribution in [3.05, 3.63) is 0 Å². The molecule has 0 aromatic rings. The van der Waals surface area contributed by atoms with Crippen molar-refractivity contribution in [3.63, 3.8) is 0 Å². The van der Waals surface area contributed by atoms with E-state index in [4.69, 9.17) is 10.8 Å². The van der Waals surface area contributed by atoms with E-state index in [0.717, 1.165) is 0 Å². The Hall–Kier alpha value is -1.81. The Morgan fingerprint density at radius 3 is 2.50 bits per heavy atom. The van der Waals surface area contributed by atoms with Gasteiger partial charge in [0.25, 0.3) is 5.91 Å². The van der Waals surface area contributed by atoms with Crippen LogP contribution in [0, 0.1) is 0 Å². The van der Waals surface area contributed by atoms with Crippen molar-refractivity contribution in [2.24, 2.45) is 5.73 Å². The topological polar surface area (TPSA) is 150 Å². The summed E-state index contributed by atoms with van der Waals surface area (Å²) in [5.74, 6) is -3.12. The van der Waals surface area contributed by atoms with Crippen LogP contribution in [0.3, 0.4) is 0 Å². The Morgan fingerprint density at radius 2 is 2.00 bits per heavy atom. The van der Waals surface area contributed by atoms with Gasteiger partial charge < -0.3 is 20.9 Å². The molecule has 0 saturated carbocycles. The molecule has 0 fully saturated rings. The van der Waals surface area contributed by atoms with Gasteiger partial charge in [-0.2, -0.15) is 12.6 Å². The number of amides is 2. The fourth-order valence-corrected chi connectivity index (χ4v) is 1.57. The highest BCUT2D eigenvalue weighted by molar-refractivity contribution is 7.80. The average molecular weight is 334 g/mol. The summed E-state index contributed by atoms with van der Waals surface area (Å²) >= 11 is 3.93. The van der Waals surface area contributed by atoms with E-state index in [1.54, 1.807) is 6.92 Å². The fraction of sp³-hybridized carbons (Fsp3) is 0.667. The highest BCUT2D eigenvalue weighted by atomic mass is 32.1. The number of carboxylic acid groups (broad SMARTS) is 1. The van der Waals surface area contributed by atoms with E-state index in [1.807, 2.05) is 0 Å². The zero-order chi connectivity index (χ0) is 17.1. The lowest BCUT2D eigenvalue weighted by Crippen LogP contribution is -2.47. The number of hydrogen-bond acceptors (Lipinski definition) is 7. The molecule has 4 N–H and O–H groups in total. The van der Waals surface area contributed by atoms with Crippen LogP contribution in [-0.2, 0) is 23.9 Å². The van der Waals surface area contributed by atoms with Crippen molar-refractivity contribution in [1.29, 1.82) is 0 Å². The SMILES string of the molecule is CCOC(=O)C[N]C(=O)C(CS)NC(=O)CCC(N)C(=O)O. The first-order chi connectivity index (χ1) is 10.3. The monoisotopic (exact) mass is 334 g/mol. The molecule has 0 heterocycles. The molecule has 0 bridgehead atoms. The molecule has 1 radical (unpaired) electrons. The fourth-order valence-electron chi connectivity index (χ4n) is 1.32. The Kier molecular flexibility index (Phi) is 9.96. The van der Waals surface area contributed by atoms with E-state index in [0.29, 0.717) is 0 Å². The van der Waals surface area contributed by atoms with Crippen LogP contribution in [-0.4, -0.2) is 59.8 Å². The lowest BCUT2D eigenvalue weighted by molar-refractivity contribution is -0.143. The summed E-state index contributed by atoms with van der Waals surface area (Å²) in [4.78, 5) is 44.9. The van der Waals surface area contributed by atoms with Gasteiger partial charge >= 0.3 is 11.9 Å². The largest absolute Gasteiger partial charge is 0.480 e. The molecule has 0 rings (SSSR count). The Labute approximate surface area is 133 Å². The summed E-state index contributed by atoms with van der Waals surface area (Å²) in [6.45, 7) is 1.37. The molecule has 2 atom stereocenters. The first kappa shape index (κ1) is 20.2. The number of esters is 1. The van der Waals surface area contributed by atoms with Crippen LogP contribution in [0.5, 0.6) is 0 Å². The number of rotatable bonds is 10. The lowest BCUT2D eigenvalue weighted by atomic mass is 10.1. The number of ether oxygens (including phenoxy) is 1. The zero-order valence-corrected chi connectivity index (χ0v) is 13.0. The summed E-state index contributed by atoms with van der Waals surface area (Å²) in [6.07, 6.45) is -0.211. The lowest BCUT2D eigenvalue weighted by Gasteiger charge is -2.15. The van der Waals surface area contributed by atoms with E-state index < -0.39 is 42.4 Å². The Balaban J connectivity index is 4.23. The third-order valence-corrected chi connectivity index (χ3v) is 2.85. The van der Waals surface area contributed by atoms with Crippen LogP contribution in [0.25, 0.3) is 0 Å². The number of nitrogens with one attached hydrogen (secondary N) is 1. The average Bonchev–Trinajstić information content (AvgIpc) is 2.47. The summed E-state index contributed by atoms with van der Waals surface area (Å²) in [5, 5.41) is 14.4. The van der Waals surface area contributed by atoms with E-state index in [9.17, 15) is 19.2 Å². The minimum atomic E-state index is -1.21. The summed E-state index contributed by atoms with van der Waals surface area (Å²) in [7, 11) is 0. The normalized spacial score (nSPS) is 12.9. The van der Waals surface area contributed by atoms with Crippen molar-refractivity contribution in [2.45, 2.75) is 31.8 Å². The Bertz CT molecular complexity index is 418. The maximum absolute atomic E-state index is 11.7. The van der Waals surface area contributed by atoms with Gasteiger partial charge in [-0.15, -0.1) is 0 Å². The molecule has 125 valence electrons. The third-order valence-electron chi connectivity index (χ3n) is 2.48. The first-order valence-electron chi connectivity index (χ1n) is 6.57. The smallest absolute Gasteiger partial charge is 0.327 e. The summed E-state index contributed by atoms with van der Waals surface area (Å²) in [6, 6.07) is -2.14. The van der Waals surface area contributed by atoms with Crippen molar-refractivity contribution in [2.75, 3.05) is 18.9 Å². The molecular weight excluding hydrogens is 314 g/mol. The van der Waals surface area contributed by atoms with Gasteiger partial charge in [-0.05, 0) is 13.3 Å². The highest BCUT2D eigenvalue weighted by Gasteiger charge is 2.22. The molecule has 0 aromatic carbocycles. The third kappa shape index (κ3) is 8.47. The van der Waals surface area contributed by atoms with Gasteiger partial charge in [0, 0.05) is 12.2 Å². The molecule has 0 aliphatic carbocycles. The molecule has 0 aromatic heterocycles. The summed E-state index contributed by atoms with van der Waals surface area (Å²) in [5.41, 5.74) is 5.27. The maximum atomic E-state index is 11.7. The molecule has 22 heavy (non-hydrogen) atoms. The first-order valence-corrected chi connectivity index (χ1v) is 7.20.